The van der Waals surface area contributed by atoms with Crippen molar-refractivity contribution in [3.8, 4) is 5.75 Å². The van der Waals surface area contributed by atoms with Crippen molar-refractivity contribution < 1.29 is 23.8 Å². The van der Waals surface area contributed by atoms with Crippen LogP contribution in [0, 0.1) is 0 Å². The summed E-state index contributed by atoms with van der Waals surface area (Å²) in [7, 11) is 1.58. The molecule has 24 heavy (non-hydrogen) atoms. The van der Waals surface area contributed by atoms with Crippen molar-refractivity contribution in [2.24, 2.45) is 0 Å². The molecular formula is C18H27NO5. The molecule has 1 rings (SSSR count). The first-order chi connectivity index (χ1) is 11.6. The number of amides is 1. The molecule has 0 aromatic heterocycles. The molecule has 6 nitrogen and oxygen atoms in total. The lowest BCUT2D eigenvalue weighted by Gasteiger charge is -2.22. The highest BCUT2D eigenvalue weighted by Crippen LogP contribution is 2.13. The molecule has 0 aliphatic carbocycles. The summed E-state index contributed by atoms with van der Waals surface area (Å²) in [5.74, 6) is 0.446. The Kier molecular flexibility index (Phi) is 9.53. The Morgan fingerprint density at radius 2 is 1.75 bits per heavy atom. The second-order valence-corrected chi connectivity index (χ2v) is 5.18. The van der Waals surface area contributed by atoms with Crippen LogP contribution < -0.4 is 4.74 Å². The monoisotopic (exact) mass is 337 g/mol. The van der Waals surface area contributed by atoms with Crippen LogP contribution in [0.1, 0.15) is 25.8 Å². The van der Waals surface area contributed by atoms with E-state index in [-0.39, 0.29) is 24.7 Å². The molecule has 0 radical (unpaired) electrons. The van der Waals surface area contributed by atoms with Crippen molar-refractivity contribution in [3.05, 3.63) is 29.8 Å². The van der Waals surface area contributed by atoms with E-state index in [2.05, 4.69) is 0 Å². The first-order valence-corrected chi connectivity index (χ1v) is 8.24. The van der Waals surface area contributed by atoms with E-state index < -0.39 is 0 Å². The quantitative estimate of drug-likeness (QED) is 0.578. The van der Waals surface area contributed by atoms with Gasteiger partial charge in [0.15, 0.2) is 0 Å². The smallest absolute Gasteiger partial charge is 0.307 e. The van der Waals surface area contributed by atoms with E-state index in [9.17, 15) is 9.59 Å². The summed E-state index contributed by atoms with van der Waals surface area (Å²) in [6.07, 6.45) is 0.464. The van der Waals surface area contributed by atoms with Gasteiger partial charge < -0.3 is 19.1 Å². The molecule has 0 unspecified atom stereocenters. The lowest BCUT2D eigenvalue weighted by molar-refractivity contribution is -0.144. The number of methoxy groups -OCH3 is 1. The number of carbonyl (C=O) groups excluding carboxylic acids is 2. The molecule has 0 saturated heterocycles. The third-order valence-corrected chi connectivity index (χ3v) is 3.40. The van der Waals surface area contributed by atoms with Crippen LogP contribution in [0.2, 0.25) is 0 Å². The minimum atomic E-state index is -0.297. The Balaban J connectivity index is 2.60. The summed E-state index contributed by atoms with van der Waals surface area (Å²) >= 11 is 0. The standard InChI is InChI=1S/C18H27NO5/c1-4-23-16-8-6-15(7-9-16)14-17(20)19(12-13-22-3)11-10-18(21)24-5-2/h6-9H,4-5,10-14H2,1-3H3. The zero-order chi connectivity index (χ0) is 17.8. The van der Waals surface area contributed by atoms with E-state index in [4.69, 9.17) is 14.2 Å². The summed E-state index contributed by atoms with van der Waals surface area (Å²) in [6, 6.07) is 7.46. The van der Waals surface area contributed by atoms with E-state index in [1.54, 1.807) is 18.9 Å². The number of hydrogen-bond donors (Lipinski definition) is 0. The van der Waals surface area contributed by atoms with E-state index in [1.807, 2.05) is 31.2 Å². The van der Waals surface area contributed by atoms with Gasteiger partial charge in [-0.2, -0.15) is 0 Å². The van der Waals surface area contributed by atoms with Gasteiger partial charge in [-0.05, 0) is 31.5 Å². The number of rotatable bonds is 11. The Hall–Kier alpha value is -2.08. The molecule has 6 heteroatoms. The molecule has 134 valence electrons. The third kappa shape index (κ3) is 7.46. The van der Waals surface area contributed by atoms with Crippen molar-refractivity contribution in [1.29, 1.82) is 0 Å². The van der Waals surface area contributed by atoms with Gasteiger partial charge in [-0.1, -0.05) is 12.1 Å². The first-order valence-electron chi connectivity index (χ1n) is 8.24. The van der Waals surface area contributed by atoms with Crippen LogP contribution in [0.3, 0.4) is 0 Å². The van der Waals surface area contributed by atoms with Gasteiger partial charge in [0.05, 0.1) is 32.7 Å². The summed E-state index contributed by atoms with van der Waals surface area (Å²) in [6.45, 7) is 5.85. The molecule has 0 saturated carbocycles. The minimum absolute atomic E-state index is 0.0412. The highest BCUT2D eigenvalue weighted by molar-refractivity contribution is 5.79. The van der Waals surface area contributed by atoms with Gasteiger partial charge in [-0.25, -0.2) is 0 Å². The second kappa shape index (κ2) is 11.5. The topological polar surface area (TPSA) is 65.1 Å². The van der Waals surface area contributed by atoms with Crippen molar-refractivity contribution in [3.63, 3.8) is 0 Å². The second-order valence-electron chi connectivity index (χ2n) is 5.18. The van der Waals surface area contributed by atoms with Gasteiger partial charge in [-0.15, -0.1) is 0 Å². The molecule has 0 aliphatic heterocycles. The summed E-state index contributed by atoms with van der Waals surface area (Å²) in [5.41, 5.74) is 0.905. The highest BCUT2D eigenvalue weighted by Gasteiger charge is 2.16. The molecule has 0 heterocycles. The Morgan fingerprint density at radius 3 is 2.33 bits per heavy atom. The maximum absolute atomic E-state index is 12.5. The predicted octanol–water partition coefficient (Wildman–Crippen LogP) is 2.06. The van der Waals surface area contributed by atoms with Gasteiger partial charge in [0.2, 0.25) is 5.91 Å². The lowest BCUT2D eigenvalue weighted by Crippen LogP contribution is -2.36. The van der Waals surface area contributed by atoms with Crippen molar-refractivity contribution >= 4 is 11.9 Å². The van der Waals surface area contributed by atoms with E-state index in [0.29, 0.717) is 32.9 Å². The number of carbonyl (C=O) groups is 2. The Bertz CT molecular complexity index is 501. The molecule has 1 amide bonds. The molecule has 1 aromatic rings. The molecule has 0 spiro atoms. The van der Waals surface area contributed by atoms with Crippen LogP contribution in [0.4, 0.5) is 0 Å². The fraction of sp³-hybridized carbons (Fsp3) is 0.556. The van der Waals surface area contributed by atoms with Crippen molar-refractivity contribution in [2.75, 3.05) is 40.0 Å². The van der Waals surface area contributed by atoms with Crippen LogP contribution in [-0.2, 0) is 25.5 Å². The third-order valence-electron chi connectivity index (χ3n) is 3.40. The molecular weight excluding hydrogens is 310 g/mol. The number of hydrogen-bond acceptors (Lipinski definition) is 5. The Labute approximate surface area is 143 Å². The zero-order valence-corrected chi connectivity index (χ0v) is 14.7. The lowest BCUT2D eigenvalue weighted by atomic mass is 10.1. The maximum Gasteiger partial charge on any atom is 0.307 e. The minimum Gasteiger partial charge on any atom is -0.494 e. The van der Waals surface area contributed by atoms with Gasteiger partial charge in [-0.3, -0.25) is 9.59 Å². The summed E-state index contributed by atoms with van der Waals surface area (Å²) in [4.78, 5) is 25.6. The highest BCUT2D eigenvalue weighted by atomic mass is 16.5. The normalized spacial score (nSPS) is 10.3. The van der Waals surface area contributed by atoms with Crippen LogP contribution in [0.5, 0.6) is 5.75 Å². The molecule has 0 fully saturated rings. The fourth-order valence-electron chi connectivity index (χ4n) is 2.18. The van der Waals surface area contributed by atoms with Gasteiger partial charge >= 0.3 is 5.97 Å². The SMILES string of the molecule is CCOC(=O)CCN(CCOC)C(=O)Cc1ccc(OCC)cc1. The summed E-state index contributed by atoms with van der Waals surface area (Å²) < 4.78 is 15.3. The van der Waals surface area contributed by atoms with Crippen LogP contribution in [-0.4, -0.2) is 56.8 Å². The number of esters is 1. The van der Waals surface area contributed by atoms with Crippen LogP contribution >= 0.6 is 0 Å². The predicted molar refractivity (Wildman–Crippen MR) is 91.0 cm³/mol. The number of nitrogens with zero attached hydrogens (tertiary/aromatic N) is 1. The molecule has 0 N–H and O–H groups in total. The molecule has 0 bridgehead atoms. The maximum atomic E-state index is 12.5. The number of benzene rings is 1. The van der Waals surface area contributed by atoms with Gasteiger partial charge in [0.1, 0.15) is 5.75 Å². The average Bonchev–Trinajstić information content (AvgIpc) is 2.57. The van der Waals surface area contributed by atoms with E-state index >= 15 is 0 Å². The van der Waals surface area contributed by atoms with E-state index in [0.717, 1.165) is 11.3 Å². The number of ether oxygens (including phenoxy) is 3. The van der Waals surface area contributed by atoms with Crippen LogP contribution in [0.25, 0.3) is 0 Å². The Morgan fingerprint density at radius 1 is 1.04 bits per heavy atom. The average molecular weight is 337 g/mol. The summed E-state index contributed by atoms with van der Waals surface area (Å²) in [5, 5.41) is 0. The van der Waals surface area contributed by atoms with Gasteiger partial charge in [0.25, 0.3) is 0 Å². The molecule has 1 aromatic carbocycles. The first kappa shape index (κ1) is 20.0. The fourth-order valence-corrected chi connectivity index (χ4v) is 2.18. The molecule has 0 aliphatic rings. The van der Waals surface area contributed by atoms with Crippen molar-refractivity contribution in [2.45, 2.75) is 26.7 Å². The van der Waals surface area contributed by atoms with Gasteiger partial charge in [0, 0.05) is 20.2 Å². The van der Waals surface area contributed by atoms with Crippen molar-refractivity contribution in [1.82, 2.24) is 4.90 Å². The van der Waals surface area contributed by atoms with Crippen LogP contribution in [0.15, 0.2) is 24.3 Å². The largest absolute Gasteiger partial charge is 0.494 e. The molecule has 0 atom stereocenters. The van der Waals surface area contributed by atoms with E-state index in [1.165, 1.54) is 0 Å². The zero-order valence-electron chi connectivity index (χ0n) is 14.7.